The minimum atomic E-state index is 0.579. The van der Waals surface area contributed by atoms with Gasteiger partial charge in [0.25, 0.3) is 0 Å². The summed E-state index contributed by atoms with van der Waals surface area (Å²) in [4.78, 5) is 2.65. The van der Waals surface area contributed by atoms with Crippen LogP contribution < -0.4 is 5.32 Å². The molecule has 20 heavy (non-hydrogen) atoms. The monoisotopic (exact) mass is 272 g/mol. The van der Waals surface area contributed by atoms with Gasteiger partial charge in [-0.15, -0.1) is 0 Å². The van der Waals surface area contributed by atoms with Crippen molar-refractivity contribution < 1.29 is 0 Å². The fraction of sp³-hybridized carbons (Fsp3) is 0.556. The van der Waals surface area contributed by atoms with E-state index in [1.807, 2.05) is 0 Å². The molecule has 110 valence electrons. The molecule has 0 amide bonds. The molecule has 0 spiro atoms. The van der Waals surface area contributed by atoms with E-state index in [0.29, 0.717) is 12.1 Å². The van der Waals surface area contributed by atoms with Crippen molar-refractivity contribution in [1.29, 1.82) is 0 Å². The molecule has 0 aliphatic carbocycles. The van der Waals surface area contributed by atoms with Crippen molar-refractivity contribution in [2.75, 3.05) is 19.6 Å². The Bertz CT molecular complexity index is 399. The number of rotatable bonds is 6. The maximum absolute atomic E-state index is 3.74. The standard InChI is InChI=1S/C18H28N2/c1-3-5-12-20-15-17(19-14-18(20)9-4-2)13-16-10-7-6-8-11-16/h3,5-8,10-11,17-19H,4,9,12-15H2,1-2H3/b5-3+. The molecule has 2 atom stereocenters. The van der Waals surface area contributed by atoms with Crippen LogP contribution in [0, 0.1) is 0 Å². The summed E-state index contributed by atoms with van der Waals surface area (Å²) in [5.41, 5.74) is 1.44. The number of benzene rings is 1. The van der Waals surface area contributed by atoms with Gasteiger partial charge < -0.3 is 5.32 Å². The first-order valence-electron chi connectivity index (χ1n) is 7.96. The molecule has 0 radical (unpaired) electrons. The fourth-order valence-corrected chi connectivity index (χ4v) is 3.05. The molecule has 0 saturated carbocycles. The Balaban J connectivity index is 1.93. The molecule has 1 fully saturated rings. The van der Waals surface area contributed by atoms with E-state index in [1.165, 1.54) is 18.4 Å². The zero-order chi connectivity index (χ0) is 14.2. The summed E-state index contributed by atoms with van der Waals surface area (Å²) in [6, 6.07) is 12.1. The second-order valence-electron chi connectivity index (χ2n) is 5.76. The summed E-state index contributed by atoms with van der Waals surface area (Å²) < 4.78 is 0. The van der Waals surface area contributed by atoms with E-state index in [1.54, 1.807) is 0 Å². The van der Waals surface area contributed by atoms with Gasteiger partial charge in [-0.3, -0.25) is 4.90 Å². The summed E-state index contributed by atoms with van der Waals surface area (Å²) in [5, 5.41) is 3.74. The predicted molar refractivity (Wildman–Crippen MR) is 87.0 cm³/mol. The Morgan fingerprint density at radius 3 is 2.80 bits per heavy atom. The first-order valence-corrected chi connectivity index (χ1v) is 7.96. The van der Waals surface area contributed by atoms with Crippen molar-refractivity contribution in [3.8, 4) is 0 Å². The quantitative estimate of drug-likeness (QED) is 0.800. The summed E-state index contributed by atoms with van der Waals surface area (Å²) >= 11 is 0. The highest BCUT2D eigenvalue weighted by Gasteiger charge is 2.26. The van der Waals surface area contributed by atoms with Crippen LogP contribution in [0.4, 0.5) is 0 Å². The van der Waals surface area contributed by atoms with Crippen LogP contribution >= 0.6 is 0 Å². The fourth-order valence-electron chi connectivity index (χ4n) is 3.05. The first-order chi connectivity index (χ1) is 9.83. The second-order valence-corrected chi connectivity index (χ2v) is 5.76. The number of nitrogens with zero attached hydrogens (tertiary/aromatic N) is 1. The van der Waals surface area contributed by atoms with Gasteiger partial charge in [-0.2, -0.15) is 0 Å². The van der Waals surface area contributed by atoms with Crippen LogP contribution in [0.3, 0.4) is 0 Å². The number of nitrogens with one attached hydrogen (secondary N) is 1. The van der Waals surface area contributed by atoms with Crippen molar-refractivity contribution in [1.82, 2.24) is 10.2 Å². The van der Waals surface area contributed by atoms with Crippen LogP contribution in [0.2, 0.25) is 0 Å². The molecule has 1 aromatic rings. The van der Waals surface area contributed by atoms with Crippen LogP contribution in [0.15, 0.2) is 42.5 Å². The average molecular weight is 272 g/mol. The van der Waals surface area contributed by atoms with Gasteiger partial charge in [-0.1, -0.05) is 55.8 Å². The lowest BCUT2D eigenvalue weighted by atomic mass is 9.99. The summed E-state index contributed by atoms with van der Waals surface area (Å²) in [6.07, 6.45) is 8.14. The van der Waals surface area contributed by atoms with Crippen molar-refractivity contribution in [3.63, 3.8) is 0 Å². The van der Waals surface area contributed by atoms with Crippen molar-refractivity contribution in [2.24, 2.45) is 0 Å². The highest BCUT2D eigenvalue weighted by atomic mass is 15.2. The molecular formula is C18H28N2. The highest BCUT2D eigenvalue weighted by Crippen LogP contribution is 2.15. The van der Waals surface area contributed by atoms with Crippen LogP contribution in [-0.4, -0.2) is 36.6 Å². The van der Waals surface area contributed by atoms with Crippen LogP contribution in [0.5, 0.6) is 0 Å². The van der Waals surface area contributed by atoms with Crippen molar-refractivity contribution in [3.05, 3.63) is 48.0 Å². The summed E-state index contributed by atoms with van der Waals surface area (Å²) in [7, 11) is 0. The molecule has 0 aromatic heterocycles. The molecular weight excluding hydrogens is 244 g/mol. The lowest BCUT2D eigenvalue weighted by molar-refractivity contribution is 0.136. The number of hydrogen-bond donors (Lipinski definition) is 1. The van der Waals surface area contributed by atoms with Gasteiger partial charge in [-0.25, -0.2) is 0 Å². The lowest BCUT2D eigenvalue weighted by Crippen LogP contribution is -2.57. The third kappa shape index (κ3) is 4.46. The Labute approximate surface area is 123 Å². The maximum Gasteiger partial charge on any atom is 0.0236 e. The Morgan fingerprint density at radius 1 is 1.30 bits per heavy atom. The first kappa shape index (κ1) is 15.3. The van der Waals surface area contributed by atoms with E-state index >= 15 is 0 Å². The van der Waals surface area contributed by atoms with E-state index < -0.39 is 0 Å². The molecule has 2 heteroatoms. The van der Waals surface area contributed by atoms with Gasteiger partial charge in [0.2, 0.25) is 0 Å². The Kier molecular flexibility index (Phi) is 6.28. The van der Waals surface area contributed by atoms with Crippen LogP contribution in [0.25, 0.3) is 0 Å². The van der Waals surface area contributed by atoms with E-state index in [2.05, 4.69) is 66.5 Å². The Morgan fingerprint density at radius 2 is 2.10 bits per heavy atom. The topological polar surface area (TPSA) is 15.3 Å². The average Bonchev–Trinajstić information content (AvgIpc) is 2.48. The van der Waals surface area contributed by atoms with Crippen molar-refractivity contribution in [2.45, 2.75) is 45.2 Å². The van der Waals surface area contributed by atoms with Gasteiger partial charge >= 0.3 is 0 Å². The molecule has 1 aromatic carbocycles. The number of allylic oxidation sites excluding steroid dienone is 1. The minimum absolute atomic E-state index is 0.579. The summed E-state index contributed by atoms with van der Waals surface area (Å²) in [6.45, 7) is 7.77. The highest BCUT2D eigenvalue weighted by molar-refractivity contribution is 5.16. The van der Waals surface area contributed by atoms with Gasteiger partial charge in [0, 0.05) is 31.7 Å². The molecule has 2 nitrogen and oxygen atoms in total. The van der Waals surface area contributed by atoms with Gasteiger partial charge in [0.1, 0.15) is 0 Å². The van der Waals surface area contributed by atoms with Crippen LogP contribution in [0.1, 0.15) is 32.3 Å². The molecule has 0 bridgehead atoms. The molecule has 1 saturated heterocycles. The largest absolute Gasteiger partial charge is 0.311 e. The molecule has 2 rings (SSSR count). The van der Waals surface area contributed by atoms with Gasteiger partial charge in [0.15, 0.2) is 0 Å². The zero-order valence-corrected chi connectivity index (χ0v) is 12.9. The van der Waals surface area contributed by atoms with E-state index in [9.17, 15) is 0 Å². The third-order valence-corrected chi connectivity index (χ3v) is 4.14. The smallest absolute Gasteiger partial charge is 0.0236 e. The molecule has 2 unspecified atom stereocenters. The molecule has 1 heterocycles. The van der Waals surface area contributed by atoms with Gasteiger partial charge in [0.05, 0.1) is 0 Å². The van der Waals surface area contributed by atoms with E-state index in [4.69, 9.17) is 0 Å². The molecule has 1 aliphatic rings. The third-order valence-electron chi connectivity index (χ3n) is 4.14. The van der Waals surface area contributed by atoms with E-state index in [-0.39, 0.29) is 0 Å². The van der Waals surface area contributed by atoms with E-state index in [0.717, 1.165) is 26.1 Å². The SMILES string of the molecule is C/C=C/CN1CC(Cc2ccccc2)NCC1CCC. The number of hydrogen-bond acceptors (Lipinski definition) is 2. The predicted octanol–water partition coefficient (Wildman–Crippen LogP) is 3.25. The van der Waals surface area contributed by atoms with Gasteiger partial charge in [-0.05, 0) is 25.3 Å². The second kappa shape index (κ2) is 8.23. The van der Waals surface area contributed by atoms with Crippen molar-refractivity contribution >= 4 is 0 Å². The normalized spacial score (nSPS) is 24.3. The lowest BCUT2D eigenvalue weighted by Gasteiger charge is -2.40. The zero-order valence-electron chi connectivity index (χ0n) is 12.9. The summed E-state index contributed by atoms with van der Waals surface area (Å²) in [5.74, 6) is 0. The number of piperazine rings is 1. The molecule has 1 aliphatic heterocycles. The molecule has 1 N–H and O–H groups in total. The maximum atomic E-state index is 3.74. The minimum Gasteiger partial charge on any atom is -0.311 e. The van der Waals surface area contributed by atoms with Crippen LogP contribution in [-0.2, 0) is 6.42 Å². The Hall–Kier alpha value is -1.12.